The smallest absolute Gasteiger partial charge is 0.407 e. The molecule has 0 aromatic heterocycles. The van der Waals surface area contributed by atoms with Crippen molar-refractivity contribution < 1.29 is 23.9 Å². The quantitative estimate of drug-likeness (QED) is 0.803. The standard InChI is InChI=1S/C20H29N3O5/c1-20(2,3)28-19(26)22-16-9-11-23(12-10-16)17(24)13-21-18(25)27-14-15-7-5-4-6-8-15/h4-8,16H,9-14H2,1-3H3,(H,21,25)(H,22,26). The number of nitrogens with one attached hydrogen (secondary N) is 2. The van der Waals surface area contributed by atoms with Gasteiger partial charge in [-0.25, -0.2) is 9.59 Å². The van der Waals surface area contributed by atoms with Gasteiger partial charge in [0.1, 0.15) is 18.8 Å². The summed E-state index contributed by atoms with van der Waals surface area (Å²) < 4.78 is 10.3. The van der Waals surface area contributed by atoms with Crippen LogP contribution in [0.2, 0.25) is 0 Å². The van der Waals surface area contributed by atoms with Crippen molar-refractivity contribution in [2.45, 2.75) is 51.9 Å². The van der Waals surface area contributed by atoms with Crippen LogP contribution >= 0.6 is 0 Å². The third kappa shape index (κ3) is 7.85. The fourth-order valence-corrected chi connectivity index (χ4v) is 2.78. The molecule has 3 amide bonds. The summed E-state index contributed by atoms with van der Waals surface area (Å²) in [6.45, 7) is 6.50. The molecule has 8 heteroatoms. The van der Waals surface area contributed by atoms with Gasteiger partial charge in [-0.1, -0.05) is 30.3 Å². The molecule has 0 radical (unpaired) electrons. The van der Waals surface area contributed by atoms with Crippen LogP contribution in [0.15, 0.2) is 30.3 Å². The lowest BCUT2D eigenvalue weighted by atomic mass is 10.1. The van der Waals surface area contributed by atoms with Crippen LogP contribution in [-0.4, -0.2) is 54.3 Å². The van der Waals surface area contributed by atoms with E-state index in [1.807, 2.05) is 51.1 Å². The Morgan fingerprint density at radius 3 is 2.32 bits per heavy atom. The zero-order chi connectivity index (χ0) is 20.6. The van der Waals surface area contributed by atoms with Crippen LogP contribution in [-0.2, 0) is 20.9 Å². The molecular weight excluding hydrogens is 362 g/mol. The van der Waals surface area contributed by atoms with Crippen molar-refractivity contribution in [1.82, 2.24) is 15.5 Å². The molecule has 1 aliphatic rings. The fourth-order valence-electron chi connectivity index (χ4n) is 2.78. The van der Waals surface area contributed by atoms with Crippen LogP contribution in [0, 0.1) is 0 Å². The predicted molar refractivity (Wildman–Crippen MR) is 104 cm³/mol. The number of carbonyl (C=O) groups excluding carboxylic acids is 3. The first-order valence-corrected chi connectivity index (χ1v) is 9.45. The van der Waals surface area contributed by atoms with Gasteiger partial charge in [-0.05, 0) is 39.2 Å². The zero-order valence-corrected chi connectivity index (χ0v) is 16.7. The number of alkyl carbamates (subject to hydrolysis) is 2. The van der Waals surface area contributed by atoms with Gasteiger partial charge in [0.25, 0.3) is 0 Å². The number of rotatable bonds is 5. The molecule has 154 valence electrons. The van der Waals surface area contributed by atoms with E-state index in [0.717, 1.165) is 5.56 Å². The van der Waals surface area contributed by atoms with Crippen LogP contribution in [0.4, 0.5) is 9.59 Å². The van der Waals surface area contributed by atoms with Crippen molar-refractivity contribution in [3.05, 3.63) is 35.9 Å². The lowest BCUT2D eigenvalue weighted by Crippen LogP contribution is -2.49. The second-order valence-electron chi connectivity index (χ2n) is 7.72. The van der Waals surface area contributed by atoms with Crippen molar-refractivity contribution in [2.24, 2.45) is 0 Å². The molecule has 0 aliphatic carbocycles. The van der Waals surface area contributed by atoms with Gasteiger partial charge in [-0.2, -0.15) is 0 Å². The van der Waals surface area contributed by atoms with Gasteiger partial charge in [-0.15, -0.1) is 0 Å². The van der Waals surface area contributed by atoms with Crippen LogP contribution in [0.5, 0.6) is 0 Å². The van der Waals surface area contributed by atoms with E-state index in [1.165, 1.54) is 0 Å². The minimum Gasteiger partial charge on any atom is -0.445 e. The molecule has 8 nitrogen and oxygen atoms in total. The van der Waals surface area contributed by atoms with Gasteiger partial charge in [0.05, 0.1) is 0 Å². The number of amides is 3. The van der Waals surface area contributed by atoms with Gasteiger partial charge in [-0.3, -0.25) is 4.79 Å². The average Bonchev–Trinajstić information content (AvgIpc) is 2.64. The van der Waals surface area contributed by atoms with Crippen molar-refractivity contribution in [1.29, 1.82) is 0 Å². The molecule has 0 atom stereocenters. The number of piperidine rings is 1. The molecule has 2 rings (SSSR count). The van der Waals surface area contributed by atoms with Crippen molar-refractivity contribution in [3.63, 3.8) is 0 Å². The SMILES string of the molecule is CC(C)(C)OC(=O)NC1CCN(C(=O)CNC(=O)OCc2ccccc2)CC1. The van der Waals surface area contributed by atoms with Gasteiger partial charge in [0.2, 0.25) is 5.91 Å². The first kappa shape index (κ1) is 21.5. The largest absolute Gasteiger partial charge is 0.445 e. The van der Waals surface area contributed by atoms with E-state index in [2.05, 4.69) is 10.6 Å². The van der Waals surface area contributed by atoms with Crippen LogP contribution < -0.4 is 10.6 Å². The molecule has 28 heavy (non-hydrogen) atoms. The van der Waals surface area contributed by atoms with Crippen LogP contribution in [0.25, 0.3) is 0 Å². The molecule has 0 bridgehead atoms. The molecule has 0 spiro atoms. The fraction of sp³-hybridized carbons (Fsp3) is 0.550. The minimum absolute atomic E-state index is 0.0253. The van der Waals surface area contributed by atoms with E-state index in [4.69, 9.17) is 9.47 Å². The second kappa shape index (κ2) is 9.96. The molecular formula is C20H29N3O5. The Bertz CT molecular complexity index is 664. The first-order chi connectivity index (χ1) is 13.2. The zero-order valence-electron chi connectivity index (χ0n) is 16.7. The molecule has 1 aromatic rings. The number of benzene rings is 1. The monoisotopic (exact) mass is 391 g/mol. The summed E-state index contributed by atoms with van der Waals surface area (Å²) in [4.78, 5) is 37.4. The summed E-state index contributed by atoms with van der Waals surface area (Å²) in [5.41, 5.74) is 0.338. The van der Waals surface area contributed by atoms with Crippen LogP contribution in [0.1, 0.15) is 39.2 Å². The topological polar surface area (TPSA) is 97.0 Å². The lowest BCUT2D eigenvalue weighted by molar-refractivity contribution is -0.131. The summed E-state index contributed by atoms with van der Waals surface area (Å²) in [5, 5.41) is 5.31. The Morgan fingerprint density at radius 2 is 1.71 bits per heavy atom. The number of nitrogens with zero attached hydrogens (tertiary/aromatic N) is 1. The Hall–Kier alpha value is -2.77. The van der Waals surface area contributed by atoms with Crippen molar-refractivity contribution in [2.75, 3.05) is 19.6 Å². The van der Waals surface area contributed by atoms with E-state index < -0.39 is 17.8 Å². The molecule has 1 aromatic carbocycles. The maximum absolute atomic E-state index is 12.2. The lowest BCUT2D eigenvalue weighted by Gasteiger charge is -2.32. The average molecular weight is 391 g/mol. The number of carbonyl (C=O) groups is 3. The Balaban J connectivity index is 1.63. The van der Waals surface area contributed by atoms with Crippen LogP contribution in [0.3, 0.4) is 0 Å². The summed E-state index contributed by atoms with van der Waals surface area (Å²) in [7, 11) is 0. The molecule has 2 N–H and O–H groups in total. The molecule has 1 heterocycles. The highest BCUT2D eigenvalue weighted by Gasteiger charge is 2.25. The van der Waals surface area contributed by atoms with E-state index in [1.54, 1.807) is 4.90 Å². The maximum Gasteiger partial charge on any atom is 0.407 e. The second-order valence-corrected chi connectivity index (χ2v) is 7.72. The van der Waals surface area contributed by atoms with Gasteiger partial charge in [0, 0.05) is 19.1 Å². The van der Waals surface area contributed by atoms with Gasteiger partial charge >= 0.3 is 12.2 Å². The molecule has 1 saturated heterocycles. The highest BCUT2D eigenvalue weighted by molar-refractivity contribution is 5.82. The van der Waals surface area contributed by atoms with E-state index in [0.29, 0.717) is 25.9 Å². The van der Waals surface area contributed by atoms with Gasteiger partial charge < -0.3 is 25.0 Å². The number of likely N-dealkylation sites (tertiary alicyclic amines) is 1. The number of ether oxygens (including phenoxy) is 2. The van der Waals surface area contributed by atoms with E-state index in [9.17, 15) is 14.4 Å². The molecule has 1 fully saturated rings. The highest BCUT2D eigenvalue weighted by Crippen LogP contribution is 2.12. The minimum atomic E-state index is -0.626. The summed E-state index contributed by atoms with van der Waals surface area (Å²) in [5.74, 6) is -0.174. The third-order valence-electron chi connectivity index (χ3n) is 4.17. The van der Waals surface area contributed by atoms with Gasteiger partial charge in [0.15, 0.2) is 0 Å². The molecule has 0 unspecified atom stereocenters. The Kier molecular flexibility index (Phi) is 7.66. The van der Waals surface area contributed by atoms with E-state index >= 15 is 0 Å². The normalized spacial score (nSPS) is 14.9. The predicted octanol–water partition coefficient (Wildman–Crippen LogP) is 2.43. The van der Waals surface area contributed by atoms with Crippen molar-refractivity contribution in [3.8, 4) is 0 Å². The summed E-state index contributed by atoms with van der Waals surface area (Å²) in [6, 6.07) is 9.29. The summed E-state index contributed by atoms with van der Waals surface area (Å²) >= 11 is 0. The summed E-state index contributed by atoms with van der Waals surface area (Å²) in [6.07, 6.45) is 0.214. The third-order valence-corrected chi connectivity index (χ3v) is 4.17. The molecule has 1 aliphatic heterocycles. The number of hydrogen-bond donors (Lipinski definition) is 2. The highest BCUT2D eigenvalue weighted by atomic mass is 16.6. The van der Waals surface area contributed by atoms with E-state index in [-0.39, 0.29) is 25.1 Å². The Morgan fingerprint density at radius 1 is 1.07 bits per heavy atom. The Labute approximate surface area is 165 Å². The molecule has 0 saturated carbocycles. The first-order valence-electron chi connectivity index (χ1n) is 9.45. The van der Waals surface area contributed by atoms with Crippen molar-refractivity contribution >= 4 is 18.1 Å². The number of hydrogen-bond acceptors (Lipinski definition) is 5. The maximum atomic E-state index is 12.2.